The number of allylic oxidation sites excluding steroid dienone is 1. The summed E-state index contributed by atoms with van der Waals surface area (Å²) < 4.78 is 42.8. The summed E-state index contributed by atoms with van der Waals surface area (Å²) in [6.07, 6.45) is -0.134. The molecule has 0 aliphatic carbocycles. The second-order valence-electron chi connectivity index (χ2n) is 6.97. The third-order valence-electron chi connectivity index (χ3n) is 4.28. The van der Waals surface area contributed by atoms with Crippen molar-refractivity contribution in [2.75, 3.05) is 20.8 Å². The van der Waals surface area contributed by atoms with Crippen molar-refractivity contribution in [3.8, 4) is 0 Å². The van der Waals surface area contributed by atoms with Crippen LogP contribution in [0.15, 0.2) is 46.6 Å². The lowest BCUT2D eigenvalue weighted by atomic mass is 9.96. The van der Waals surface area contributed by atoms with E-state index in [0.29, 0.717) is 29.4 Å². The molecule has 0 heterocycles. The van der Waals surface area contributed by atoms with Gasteiger partial charge in [0, 0.05) is 23.3 Å². The van der Waals surface area contributed by atoms with Gasteiger partial charge in [-0.05, 0) is 58.6 Å². The van der Waals surface area contributed by atoms with Crippen molar-refractivity contribution in [2.45, 2.75) is 18.6 Å². The maximum absolute atomic E-state index is 13.7. The van der Waals surface area contributed by atoms with E-state index in [1.807, 2.05) is 47.7 Å². The van der Waals surface area contributed by atoms with Crippen molar-refractivity contribution < 1.29 is 13.2 Å². The highest BCUT2D eigenvalue weighted by Crippen LogP contribution is 2.38. The van der Waals surface area contributed by atoms with Gasteiger partial charge in [0.1, 0.15) is 0 Å². The molecule has 0 radical (unpaired) electrons. The van der Waals surface area contributed by atoms with Crippen LogP contribution in [0, 0.1) is 0 Å². The van der Waals surface area contributed by atoms with Gasteiger partial charge in [0.2, 0.25) is 0 Å². The summed E-state index contributed by atoms with van der Waals surface area (Å²) in [6.45, 7) is 1.27. The molecule has 0 spiro atoms. The summed E-state index contributed by atoms with van der Waals surface area (Å²) in [7, 11) is 3.89. The SMILES string of the molecule is CN(C)CNCc1ccc(/C=C/C(c2ccc(/C=C/I)c(Cl)c2)C(F)(F)F)cc1Cl. The molecule has 0 aliphatic heterocycles. The Bertz CT molecular complexity index is 912. The minimum Gasteiger partial charge on any atom is -0.300 e. The van der Waals surface area contributed by atoms with E-state index in [2.05, 4.69) is 5.32 Å². The van der Waals surface area contributed by atoms with Gasteiger partial charge in [-0.15, -0.1) is 0 Å². The maximum Gasteiger partial charge on any atom is 0.399 e. The van der Waals surface area contributed by atoms with Crippen LogP contribution in [0.4, 0.5) is 13.2 Å². The van der Waals surface area contributed by atoms with Crippen LogP contribution in [-0.2, 0) is 6.54 Å². The van der Waals surface area contributed by atoms with E-state index >= 15 is 0 Å². The number of hydrogen-bond acceptors (Lipinski definition) is 2. The van der Waals surface area contributed by atoms with Gasteiger partial charge in [0.25, 0.3) is 0 Å². The topological polar surface area (TPSA) is 15.3 Å². The number of benzene rings is 2. The van der Waals surface area contributed by atoms with Gasteiger partial charge < -0.3 is 5.32 Å². The van der Waals surface area contributed by atoms with Crippen molar-refractivity contribution in [3.63, 3.8) is 0 Å². The third kappa shape index (κ3) is 7.57. The van der Waals surface area contributed by atoms with Crippen molar-refractivity contribution in [1.82, 2.24) is 10.2 Å². The van der Waals surface area contributed by atoms with Crippen molar-refractivity contribution in [2.24, 2.45) is 0 Å². The first-order valence-electron chi connectivity index (χ1n) is 9.07. The normalized spacial score (nSPS) is 13.6. The van der Waals surface area contributed by atoms with Crippen LogP contribution in [0.2, 0.25) is 10.0 Å². The molecular weight excluding hydrogens is 547 g/mol. The number of alkyl halides is 3. The summed E-state index contributed by atoms with van der Waals surface area (Å²) in [5.41, 5.74) is 2.24. The Morgan fingerprint density at radius 2 is 1.80 bits per heavy atom. The van der Waals surface area contributed by atoms with Gasteiger partial charge in [0.05, 0.1) is 5.92 Å². The Kier molecular flexibility index (Phi) is 9.68. The first-order chi connectivity index (χ1) is 14.1. The zero-order valence-electron chi connectivity index (χ0n) is 16.5. The number of nitrogens with zero attached hydrogens (tertiary/aromatic N) is 1. The number of halogens is 6. The van der Waals surface area contributed by atoms with E-state index in [4.69, 9.17) is 23.2 Å². The third-order valence-corrected chi connectivity index (χ3v) is 5.32. The van der Waals surface area contributed by atoms with Gasteiger partial charge in [0.15, 0.2) is 0 Å². The highest BCUT2D eigenvalue weighted by atomic mass is 127. The largest absolute Gasteiger partial charge is 0.399 e. The molecule has 0 aliphatic rings. The average Bonchev–Trinajstić information content (AvgIpc) is 2.64. The van der Waals surface area contributed by atoms with Gasteiger partial charge in [-0.1, -0.05) is 82.2 Å². The van der Waals surface area contributed by atoms with E-state index in [9.17, 15) is 13.2 Å². The molecule has 0 aromatic heterocycles. The Morgan fingerprint density at radius 1 is 1.07 bits per heavy atom. The minimum absolute atomic E-state index is 0.0879. The monoisotopic (exact) mass is 568 g/mol. The van der Waals surface area contributed by atoms with Crippen molar-refractivity contribution >= 4 is 57.9 Å². The molecule has 1 atom stereocenters. The Balaban J connectivity index is 2.23. The van der Waals surface area contributed by atoms with E-state index < -0.39 is 12.1 Å². The van der Waals surface area contributed by atoms with Gasteiger partial charge in [-0.2, -0.15) is 13.2 Å². The summed E-state index contributed by atoms with van der Waals surface area (Å²) in [5, 5.41) is 4.01. The summed E-state index contributed by atoms with van der Waals surface area (Å²) in [4.78, 5) is 1.99. The molecule has 0 fully saturated rings. The molecule has 2 aromatic carbocycles. The van der Waals surface area contributed by atoms with Crippen LogP contribution < -0.4 is 5.32 Å². The average molecular weight is 569 g/mol. The molecular formula is C22H22Cl2F3IN2. The van der Waals surface area contributed by atoms with E-state index in [-0.39, 0.29) is 10.6 Å². The van der Waals surface area contributed by atoms with Gasteiger partial charge in [-0.25, -0.2) is 0 Å². The molecule has 162 valence electrons. The summed E-state index contributed by atoms with van der Waals surface area (Å²) in [5.74, 6) is -1.77. The first-order valence-corrected chi connectivity index (χ1v) is 11.1. The Morgan fingerprint density at radius 3 is 2.37 bits per heavy atom. The predicted octanol–water partition coefficient (Wildman–Crippen LogP) is 7.37. The fraction of sp³-hybridized carbons (Fsp3) is 0.273. The van der Waals surface area contributed by atoms with Crippen LogP contribution in [0.3, 0.4) is 0 Å². The standard InChI is InChI=1S/C22H22Cl2F3IN2/c1-30(2)14-29-13-18-5-3-15(11-20(18)23)4-8-19(22(25,26)27)17-7-6-16(9-10-28)21(24)12-17/h3-12,19,29H,13-14H2,1-2H3/b8-4+,10-9+. The van der Waals surface area contributed by atoms with E-state index in [0.717, 1.165) is 11.6 Å². The molecule has 0 amide bonds. The highest BCUT2D eigenvalue weighted by Gasteiger charge is 2.39. The molecule has 8 heteroatoms. The van der Waals surface area contributed by atoms with Crippen LogP contribution in [0.25, 0.3) is 12.2 Å². The fourth-order valence-corrected chi connectivity index (χ4v) is 3.68. The minimum atomic E-state index is -4.44. The van der Waals surface area contributed by atoms with Gasteiger partial charge in [-0.3, -0.25) is 4.90 Å². The lowest BCUT2D eigenvalue weighted by molar-refractivity contribution is -0.139. The molecule has 30 heavy (non-hydrogen) atoms. The summed E-state index contributed by atoms with van der Waals surface area (Å²) >= 11 is 14.5. The van der Waals surface area contributed by atoms with E-state index in [1.54, 1.807) is 28.4 Å². The number of hydrogen-bond donors (Lipinski definition) is 1. The first kappa shape index (κ1) is 25.2. The van der Waals surface area contributed by atoms with Crippen LogP contribution in [-0.4, -0.2) is 31.8 Å². The quantitative estimate of drug-likeness (QED) is 0.264. The van der Waals surface area contributed by atoms with Crippen molar-refractivity contribution in [3.05, 3.63) is 78.9 Å². The highest BCUT2D eigenvalue weighted by molar-refractivity contribution is 14.1. The predicted molar refractivity (Wildman–Crippen MR) is 129 cm³/mol. The van der Waals surface area contributed by atoms with Crippen LogP contribution in [0.5, 0.6) is 0 Å². The van der Waals surface area contributed by atoms with E-state index in [1.165, 1.54) is 18.2 Å². The van der Waals surface area contributed by atoms with Crippen LogP contribution in [0.1, 0.15) is 28.2 Å². The summed E-state index contributed by atoms with van der Waals surface area (Å²) in [6, 6.07) is 9.64. The zero-order valence-corrected chi connectivity index (χ0v) is 20.1. The van der Waals surface area contributed by atoms with Crippen LogP contribution >= 0.6 is 45.8 Å². The molecule has 2 aromatic rings. The number of nitrogens with one attached hydrogen (secondary N) is 1. The molecule has 1 unspecified atom stereocenters. The zero-order chi connectivity index (χ0) is 22.3. The maximum atomic E-state index is 13.7. The van der Waals surface area contributed by atoms with Crippen molar-refractivity contribution in [1.29, 1.82) is 0 Å². The second-order valence-corrected chi connectivity index (χ2v) is 8.50. The molecule has 1 N–H and O–H groups in total. The molecule has 2 nitrogen and oxygen atoms in total. The lowest BCUT2D eigenvalue weighted by Crippen LogP contribution is -2.27. The lowest BCUT2D eigenvalue weighted by Gasteiger charge is -2.18. The van der Waals surface area contributed by atoms with Gasteiger partial charge >= 0.3 is 6.18 Å². The fourth-order valence-electron chi connectivity index (χ4n) is 2.78. The second kappa shape index (κ2) is 11.5. The molecule has 2 rings (SSSR count). The molecule has 0 saturated heterocycles. The molecule has 0 bridgehead atoms. The number of rotatable bonds is 8. The molecule has 0 saturated carbocycles. The smallest absolute Gasteiger partial charge is 0.300 e. The Hall–Kier alpha value is -1.06. The Labute approximate surface area is 198 Å².